The van der Waals surface area contributed by atoms with Crippen LogP contribution in [0.1, 0.15) is 90.4 Å². The average molecular weight is 880 g/mol. The number of amides is 1. The van der Waals surface area contributed by atoms with E-state index in [0.717, 1.165) is 40.2 Å². The molecule has 0 unspecified atom stereocenters. The molecule has 1 fully saturated rings. The van der Waals surface area contributed by atoms with Crippen LogP contribution in [0.15, 0.2) is 72.8 Å². The van der Waals surface area contributed by atoms with Gasteiger partial charge in [0.2, 0.25) is 0 Å². The molecule has 0 saturated carbocycles. The van der Waals surface area contributed by atoms with Crippen molar-refractivity contribution in [1.82, 2.24) is 24.7 Å². The molecule has 0 atom stereocenters. The summed E-state index contributed by atoms with van der Waals surface area (Å²) >= 11 is 0. The molecule has 0 aliphatic carbocycles. The van der Waals surface area contributed by atoms with Gasteiger partial charge in [0.25, 0.3) is 10.1 Å². The summed E-state index contributed by atoms with van der Waals surface area (Å²) in [4.78, 5) is 42.0. The lowest BCUT2D eigenvalue weighted by atomic mass is 10.1. The second kappa shape index (κ2) is 22.9. The third-order valence-electron chi connectivity index (χ3n) is 9.51. The second-order valence-electron chi connectivity index (χ2n) is 16.1. The number of methoxy groups -OCH3 is 1. The van der Waals surface area contributed by atoms with E-state index in [1.165, 1.54) is 7.11 Å². The molecule has 0 spiro atoms. The van der Waals surface area contributed by atoms with Crippen molar-refractivity contribution in [2.24, 2.45) is 0 Å². The Labute approximate surface area is 371 Å². The molecule has 1 N–H and O–H groups in total. The molecule has 5 rings (SSSR count). The smallest absolute Gasteiger partial charge is 0.410 e. The van der Waals surface area contributed by atoms with Crippen LogP contribution in [0.3, 0.4) is 0 Å². The third kappa shape index (κ3) is 17.0. The zero-order chi connectivity index (χ0) is 45.4. The second-order valence-corrected chi connectivity index (χ2v) is 17.7. The maximum absolute atomic E-state index is 13.5. The van der Waals surface area contributed by atoms with Crippen molar-refractivity contribution in [1.29, 1.82) is 0 Å². The number of rotatable bonds is 13. The Balaban J connectivity index is 1.33. The minimum atomic E-state index is -4.02. The van der Waals surface area contributed by atoms with Crippen LogP contribution in [-0.2, 0) is 32.7 Å². The van der Waals surface area contributed by atoms with Gasteiger partial charge in [0.1, 0.15) is 22.8 Å². The first kappa shape index (κ1) is 48.1. The van der Waals surface area contributed by atoms with E-state index in [1.807, 2.05) is 82.3 Å². The molecule has 14 nitrogen and oxygen atoms in total. The van der Waals surface area contributed by atoms with Gasteiger partial charge in [0.05, 0.1) is 37.5 Å². The van der Waals surface area contributed by atoms with Crippen LogP contribution < -0.4 is 9.47 Å². The molecule has 15 heteroatoms. The lowest BCUT2D eigenvalue weighted by Gasteiger charge is -2.29. The molecule has 1 aliphatic rings. The van der Waals surface area contributed by atoms with Crippen molar-refractivity contribution in [3.05, 3.63) is 118 Å². The molecule has 0 bridgehead atoms. The number of carbonyl (C=O) groups is 2. The fourth-order valence-electron chi connectivity index (χ4n) is 6.48. The van der Waals surface area contributed by atoms with Crippen molar-refractivity contribution >= 4 is 22.2 Å². The van der Waals surface area contributed by atoms with Crippen LogP contribution in [0, 0.1) is 30.6 Å². The molecule has 2 aromatic heterocycles. The van der Waals surface area contributed by atoms with Gasteiger partial charge in [-0.2, -0.15) is 8.42 Å². The summed E-state index contributed by atoms with van der Waals surface area (Å²) in [7, 11) is -2.70. The maximum atomic E-state index is 13.5. The van der Waals surface area contributed by atoms with E-state index in [9.17, 15) is 18.0 Å². The first-order valence-corrected chi connectivity index (χ1v) is 22.6. The Morgan fingerprint density at radius 2 is 1.21 bits per heavy atom. The lowest BCUT2D eigenvalue weighted by Crippen LogP contribution is -2.42. The Kier molecular flexibility index (Phi) is 17.5. The van der Waals surface area contributed by atoms with Crippen molar-refractivity contribution in [3.8, 4) is 35.2 Å². The van der Waals surface area contributed by atoms with Gasteiger partial charge >= 0.3 is 12.1 Å². The van der Waals surface area contributed by atoms with E-state index in [1.54, 1.807) is 23.1 Å². The standard InChI is InChI=1S/C48H57N5O9S/c1-7-27-60-43-17-13-38(14-18-43)10-12-40-32-42(50-45(33-40)46(54)59-6)35-52-22-21-51(23-25-53(26-24-52)47(55)62-48(3,4)5)34-41-31-39(30-36(2)49-41)11-9-37-15-19-44(20-16-37)61-28-8-29-63(56,57)58/h13-20,30-33H,7-8,21-29,34-35H2,1-6H3,(H,56,57,58). The molecule has 334 valence electrons. The summed E-state index contributed by atoms with van der Waals surface area (Å²) in [5.74, 6) is 13.3. The van der Waals surface area contributed by atoms with Crippen LogP contribution in [0.2, 0.25) is 0 Å². The van der Waals surface area contributed by atoms with Crippen LogP contribution in [0.4, 0.5) is 4.79 Å². The SMILES string of the molecule is CCCOc1ccc(C#Cc2cc(CN3CCN(Cc4cc(C#Cc5ccc(OCCCS(=O)(=O)O)cc5)cc(C)n4)CCN(C(=O)OC(C)(C)C)CC3)nc(C(=O)OC)c2)cc1. The zero-order valence-electron chi connectivity index (χ0n) is 37.0. The minimum Gasteiger partial charge on any atom is -0.494 e. The van der Waals surface area contributed by atoms with E-state index >= 15 is 0 Å². The van der Waals surface area contributed by atoms with Crippen LogP contribution in [0.5, 0.6) is 11.5 Å². The highest BCUT2D eigenvalue weighted by Gasteiger charge is 2.25. The molecule has 4 aromatic rings. The molecule has 63 heavy (non-hydrogen) atoms. The molecule has 1 aliphatic heterocycles. The predicted molar refractivity (Wildman–Crippen MR) is 240 cm³/mol. The monoisotopic (exact) mass is 879 g/mol. The highest BCUT2D eigenvalue weighted by Crippen LogP contribution is 2.17. The molecule has 1 amide bonds. The number of ether oxygens (including phenoxy) is 4. The van der Waals surface area contributed by atoms with Crippen molar-refractivity contribution in [2.45, 2.75) is 66.2 Å². The Hall–Kier alpha value is -5.97. The van der Waals surface area contributed by atoms with Gasteiger partial charge in [-0.3, -0.25) is 19.3 Å². The fourth-order valence-corrected chi connectivity index (χ4v) is 6.96. The largest absolute Gasteiger partial charge is 0.494 e. The summed E-state index contributed by atoms with van der Waals surface area (Å²) in [5, 5.41) is 0. The molecular weight excluding hydrogens is 823 g/mol. The summed E-state index contributed by atoms with van der Waals surface area (Å²) in [6, 6.07) is 22.2. The third-order valence-corrected chi connectivity index (χ3v) is 10.3. The molecular formula is C48H57N5O9S. The van der Waals surface area contributed by atoms with Crippen molar-refractivity contribution in [2.75, 3.05) is 65.3 Å². The topological polar surface area (TPSA) is 161 Å². The summed E-state index contributed by atoms with van der Waals surface area (Å²) in [5.41, 5.74) is 4.78. The van der Waals surface area contributed by atoms with Crippen molar-refractivity contribution < 1.29 is 41.5 Å². The van der Waals surface area contributed by atoms with E-state index in [0.29, 0.717) is 76.0 Å². The first-order valence-electron chi connectivity index (χ1n) is 21.0. The van der Waals surface area contributed by atoms with Gasteiger partial charge in [0.15, 0.2) is 0 Å². The Bertz CT molecular complexity index is 2410. The number of benzene rings is 2. The highest BCUT2D eigenvalue weighted by atomic mass is 32.2. The van der Waals surface area contributed by atoms with Gasteiger partial charge in [0, 0.05) is 80.3 Å². The Morgan fingerprint density at radius 1 is 0.714 bits per heavy atom. The number of carbonyl (C=O) groups excluding carboxylic acids is 2. The van der Waals surface area contributed by atoms with Gasteiger partial charge in [-0.1, -0.05) is 30.6 Å². The van der Waals surface area contributed by atoms with E-state index < -0.39 is 21.7 Å². The highest BCUT2D eigenvalue weighted by molar-refractivity contribution is 7.85. The Morgan fingerprint density at radius 3 is 1.71 bits per heavy atom. The molecule has 3 heterocycles. The number of hydrogen-bond acceptors (Lipinski definition) is 12. The quantitative estimate of drug-likeness (QED) is 0.0684. The number of aryl methyl sites for hydroxylation is 1. The van der Waals surface area contributed by atoms with Gasteiger partial charge < -0.3 is 23.8 Å². The summed E-state index contributed by atoms with van der Waals surface area (Å²) in [6.45, 7) is 14.5. The number of pyridine rings is 2. The number of esters is 1. The van der Waals surface area contributed by atoms with E-state index in [4.69, 9.17) is 28.5 Å². The van der Waals surface area contributed by atoms with E-state index in [2.05, 4.69) is 45.4 Å². The summed E-state index contributed by atoms with van der Waals surface area (Å²) in [6.07, 6.45) is 0.707. The first-order chi connectivity index (χ1) is 30.0. The van der Waals surface area contributed by atoms with Crippen LogP contribution in [0.25, 0.3) is 0 Å². The molecule has 2 aromatic carbocycles. The van der Waals surface area contributed by atoms with Gasteiger partial charge in [-0.15, -0.1) is 0 Å². The number of hydrogen-bond donors (Lipinski definition) is 1. The van der Waals surface area contributed by atoms with E-state index in [-0.39, 0.29) is 30.6 Å². The normalized spacial score (nSPS) is 13.9. The van der Waals surface area contributed by atoms with Gasteiger partial charge in [-0.05, 0) is 113 Å². The van der Waals surface area contributed by atoms with Crippen LogP contribution >= 0.6 is 0 Å². The predicted octanol–water partition coefficient (Wildman–Crippen LogP) is 6.37. The number of aromatic nitrogens is 2. The minimum absolute atomic E-state index is 0.156. The number of nitrogens with zero attached hydrogens (tertiary/aromatic N) is 5. The van der Waals surface area contributed by atoms with Gasteiger partial charge in [-0.25, -0.2) is 14.6 Å². The zero-order valence-corrected chi connectivity index (χ0v) is 37.8. The van der Waals surface area contributed by atoms with Crippen LogP contribution in [-0.4, -0.2) is 121 Å². The summed E-state index contributed by atoms with van der Waals surface area (Å²) < 4.78 is 53.0. The fraction of sp³-hybridized carbons (Fsp3) is 0.417. The lowest BCUT2D eigenvalue weighted by molar-refractivity contribution is 0.0229. The average Bonchev–Trinajstić information content (AvgIpc) is 3.33. The molecule has 0 radical (unpaired) electrons. The maximum Gasteiger partial charge on any atom is 0.410 e. The van der Waals surface area contributed by atoms with Crippen molar-refractivity contribution in [3.63, 3.8) is 0 Å². The molecule has 1 saturated heterocycles.